The Morgan fingerprint density at radius 1 is 1.21 bits per heavy atom. The van der Waals surface area contributed by atoms with Crippen molar-refractivity contribution in [3.8, 4) is 0 Å². The second-order valence-electron chi connectivity index (χ2n) is 4.22. The van der Waals surface area contributed by atoms with Crippen molar-refractivity contribution in [2.75, 3.05) is 11.9 Å². The van der Waals surface area contributed by atoms with E-state index in [1.807, 2.05) is 0 Å². The normalized spacial score (nSPS) is 10.2. The highest BCUT2D eigenvalue weighted by atomic mass is 79.9. The van der Waals surface area contributed by atoms with Crippen molar-refractivity contribution in [2.24, 2.45) is 0 Å². The van der Waals surface area contributed by atoms with E-state index < -0.39 is 0 Å². The quantitative estimate of drug-likeness (QED) is 0.901. The number of halogens is 1. The smallest absolute Gasteiger partial charge is 0.321 e. The first-order valence-corrected chi connectivity index (χ1v) is 6.78. The van der Waals surface area contributed by atoms with Gasteiger partial charge in [-0.25, -0.2) is 4.79 Å². The molecule has 0 radical (unpaired) electrons. The van der Waals surface area contributed by atoms with Gasteiger partial charge in [0, 0.05) is 12.6 Å². The van der Waals surface area contributed by atoms with Crippen LogP contribution < -0.4 is 10.6 Å². The van der Waals surface area contributed by atoms with Crippen molar-refractivity contribution in [1.82, 2.24) is 5.32 Å². The summed E-state index contributed by atoms with van der Waals surface area (Å²) >= 11 is 3.17. The first-order chi connectivity index (χ1) is 9.13. The molecule has 0 unspecified atom stereocenters. The van der Waals surface area contributed by atoms with Crippen LogP contribution in [0, 0.1) is 6.92 Å². The number of hydrogen-bond acceptors (Lipinski definition) is 2. The molecule has 1 aromatic carbocycles. The van der Waals surface area contributed by atoms with E-state index in [1.165, 1.54) is 11.1 Å². The van der Waals surface area contributed by atoms with Gasteiger partial charge in [0.2, 0.25) is 5.88 Å². The average molecular weight is 323 g/mol. The summed E-state index contributed by atoms with van der Waals surface area (Å²) < 4.78 is 5.76. The van der Waals surface area contributed by atoms with E-state index in [0.29, 0.717) is 17.1 Å². The number of benzene rings is 1. The largest absolute Gasteiger partial charge is 0.434 e. The first kappa shape index (κ1) is 13.7. The molecule has 2 amide bonds. The Hall–Kier alpha value is -1.75. The molecule has 0 bridgehead atoms. The number of rotatable bonds is 4. The fourth-order valence-electron chi connectivity index (χ4n) is 1.61. The van der Waals surface area contributed by atoms with Crippen molar-refractivity contribution in [1.29, 1.82) is 0 Å². The van der Waals surface area contributed by atoms with Crippen LogP contribution in [0.15, 0.2) is 45.5 Å². The highest BCUT2D eigenvalue weighted by Gasteiger charge is 2.04. The van der Waals surface area contributed by atoms with E-state index in [0.717, 1.165) is 6.42 Å². The third kappa shape index (κ3) is 4.44. The summed E-state index contributed by atoms with van der Waals surface area (Å²) in [5, 5.41) is 5.39. The van der Waals surface area contributed by atoms with E-state index in [9.17, 15) is 4.79 Å². The van der Waals surface area contributed by atoms with Crippen molar-refractivity contribution >= 4 is 27.8 Å². The molecule has 0 aliphatic carbocycles. The molecule has 19 heavy (non-hydrogen) atoms. The molecule has 0 saturated heterocycles. The molecule has 1 aromatic heterocycles. The fourth-order valence-corrected chi connectivity index (χ4v) is 1.92. The molecule has 2 rings (SSSR count). The lowest BCUT2D eigenvalue weighted by Crippen LogP contribution is -2.30. The van der Waals surface area contributed by atoms with Crippen molar-refractivity contribution in [2.45, 2.75) is 13.3 Å². The van der Waals surface area contributed by atoms with Crippen LogP contribution in [-0.2, 0) is 6.42 Å². The summed E-state index contributed by atoms with van der Waals surface area (Å²) in [6, 6.07) is 11.4. The Morgan fingerprint density at radius 3 is 2.58 bits per heavy atom. The molecule has 5 heteroatoms. The number of aryl methyl sites for hydroxylation is 1. The van der Waals surface area contributed by atoms with Gasteiger partial charge in [0.05, 0.1) is 0 Å². The summed E-state index contributed by atoms with van der Waals surface area (Å²) in [4.78, 5) is 11.6. The van der Waals surface area contributed by atoms with Crippen molar-refractivity contribution in [3.05, 3.63) is 52.2 Å². The number of hydrogen-bond donors (Lipinski definition) is 2. The number of carbonyl (C=O) groups is 1. The predicted molar refractivity (Wildman–Crippen MR) is 78.3 cm³/mol. The molecule has 2 N–H and O–H groups in total. The molecule has 100 valence electrons. The number of nitrogens with one attached hydrogen (secondary N) is 2. The van der Waals surface area contributed by atoms with Gasteiger partial charge in [0.15, 0.2) is 4.67 Å². The topological polar surface area (TPSA) is 54.3 Å². The number of furan rings is 1. The van der Waals surface area contributed by atoms with E-state index in [2.05, 4.69) is 57.8 Å². The standard InChI is InChI=1S/C14H15BrN2O2/c1-10-2-4-11(5-3-10)8-9-16-14(18)17-13-7-6-12(15)19-13/h2-7H,8-9H2,1H3,(H2,16,17,18). The predicted octanol–water partition coefficient (Wildman–Crippen LogP) is 3.71. The van der Waals surface area contributed by atoms with E-state index in [4.69, 9.17) is 4.42 Å². The maximum Gasteiger partial charge on any atom is 0.321 e. The minimum atomic E-state index is -0.269. The first-order valence-electron chi connectivity index (χ1n) is 5.99. The lowest BCUT2D eigenvalue weighted by atomic mass is 10.1. The Bertz CT molecular complexity index is 549. The minimum absolute atomic E-state index is 0.269. The Morgan fingerprint density at radius 2 is 1.95 bits per heavy atom. The van der Waals surface area contributed by atoms with E-state index >= 15 is 0 Å². The molecule has 0 fully saturated rings. The number of anilines is 1. The van der Waals surface area contributed by atoms with Crippen LogP contribution in [0.4, 0.5) is 10.7 Å². The summed E-state index contributed by atoms with van der Waals surface area (Å²) in [6.45, 7) is 2.63. The average Bonchev–Trinajstić information content (AvgIpc) is 2.77. The van der Waals surface area contributed by atoms with Crippen LogP contribution >= 0.6 is 15.9 Å². The van der Waals surface area contributed by atoms with Gasteiger partial charge < -0.3 is 9.73 Å². The number of urea groups is 1. The Balaban J connectivity index is 1.73. The van der Waals surface area contributed by atoms with E-state index in [-0.39, 0.29) is 6.03 Å². The van der Waals surface area contributed by atoms with Gasteiger partial charge in [-0.15, -0.1) is 0 Å². The van der Waals surface area contributed by atoms with Crippen LogP contribution in [-0.4, -0.2) is 12.6 Å². The molecular weight excluding hydrogens is 308 g/mol. The Labute approximate surface area is 120 Å². The summed E-state index contributed by atoms with van der Waals surface area (Å²) in [7, 11) is 0. The molecule has 2 aromatic rings. The zero-order valence-corrected chi connectivity index (χ0v) is 12.2. The fraction of sp³-hybridized carbons (Fsp3) is 0.214. The summed E-state index contributed by atoms with van der Waals surface area (Å²) in [6.07, 6.45) is 0.801. The third-order valence-electron chi connectivity index (χ3n) is 2.63. The molecule has 0 atom stereocenters. The monoisotopic (exact) mass is 322 g/mol. The van der Waals surface area contributed by atoms with E-state index in [1.54, 1.807) is 12.1 Å². The van der Waals surface area contributed by atoms with Gasteiger partial charge in [-0.1, -0.05) is 29.8 Å². The molecule has 0 aliphatic rings. The van der Waals surface area contributed by atoms with Gasteiger partial charge in [0.25, 0.3) is 0 Å². The molecule has 4 nitrogen and oxygen atoms in total. The van der Waals surface area contributed by atoms with Crippen LogP contribution in [0.25, 0.3) is 0 Å². The molecule has 0 spiro atoms. The minimum Gasteiger partial charge on any atom is -0.434 e. The van der Waals surface area contributed by atoms with Crippen LogP contribution in [0.1, 0.15) is 11.1 Å². The molecule has 0 aliphatic heterocycles. The second kappa shape index (κ2) is 6.43. The lowest BCUT2D eigenvalue weighted by molar-refractivity contribution is 0.251. The van der Waals surface area contributed by atoms with Crippen LogP contribution in [0.3, 0.4) is 0 Å². The number of amides is 2. The molecule has 1 heterocycles. The van der Waals surface area contributed by atoms with Crippen LogP contribution in [0.2, 0.25) is 0 Å². The summed E-state index contributed by atoms with van der Waals surface area (Å²) in [5.41, 5.74) is 2.43. The Kier molecular flexibility index (Phi) is 4.63. The number of carbonyl (C=O) groups excluding carboxylic acids is 1. The van der Waals surface area contributed by atoms with Gasteiger partial charge in [-0.2, -0.15) is 0 Å². The maximum absolute atomic E-state index is 11.6. The van der Waals surface area contributed by atoms with Gasteiger partial charge >= 0.3 is 6.03 Å². The third-order valence-corrected chi connectivity index (χ3v) is 3.06. The van der Waals surface area contributed by atoms with Crippen molar-refractivity contribution in [3.63, 3.8) is 0 Å². The zero-order chi connectivity index (χ0) is 13.7. The maximum atomic E-state index is 11.6. The SMILES string of the molecule is Cc1ccc(CCNC(=O)Nc2ccc(Br)o2)cc1. The van der Waals surface area contributed by atoms with Crippen molar-refractivity contribution < 1.29 is 9.21 Å². The summed E-state index contributed by atoms with van der Waals surface area (Å²) in [5.74, 6) is 0.416. The second-order valence-corrected chi connectivity index (χ2v) is 5.00. The molecular formula is C14H15BrN2O2. The highest BCUT2D eigenvalue weighted by Crippen LogP contribution is 2.17. The lowest BCUT2D eigenvalue weighted by Gasteiger charge is -2.05. The van der Waals surface area contributed by atoms with Gasteiger partial charge in [0.1, 0.15) is 0 Å². The highest BCUT2D eigenvalue weighted by molar-refractivity contribution is 9.10. The molecule has 0 saturated carbocycles. The van der Waals surface area contributed by atoms with Gasteiger partial charge in [-0.05, 0) is 40.9 Å². The zero-order valence-electron chi connectivity index (χ0n) is 10.6. The van der Waals surface area contributed by atoms with Crippen LogP contribution in [0.5, 0.6) is 0 Å². The van der Waals surface area contributed by atoms with Gasteiger partial charge in [-0.3, -0.25) is 5.32 Å².